The fourth-order valence-corrected chi connectivity index (χ4v) is 2.34. The Morgan fingerprint density at radius 3 is 2.48 bits per heavy atom. The number of hydrogen-bond acceptors (Lipinski definition) is 2. The zero-order valence-corrected chi connectivity index (χ0v) is 12.1. The van der Waals surface area contributed by atoms with Gasteiger partial charge in [0.15, 0.2) is 0 Å². The van der Waals surface area contributed by atoms with Crippen LogP contribution in [-0.4, -0.2) is 15.1 Å². The van der Waals surface area contributed by atoms with E-state index in [0.29, 0.717) is 17.3 Å². The SMILES string of the molecule is OC(Cc1ccccc1)c1ncc(-c2ccc(Cl)cc2)[nH]1. The summed E-state index contributed by atoms with van der Waals surface area (Å²) < 4.78 is 0. The molecule has 3 nitrogen and oxygen atoms in total. The van der Waals surface area contributed by atoms with Crippen LogP contribution in [0.5, 0.6) is 0 Å². The predicted molar refractivity (Wildman–Crippen MR) is 84.1 cm³/mol. The normalized spacial score (nSPS) is 12.3. The van der Waals surface area contributed by atoms with Crippen molar-refractivity contribution in [3.05, 3.63) is 77.2 Å². The van der Waals surface area contributed by atoms with Crippen LogP contribution in [0.3, 0.4) is 0 Å². The summed E-state index contributed by atoms with van der Waals surface area (Å²) in [6, 6.07) is 17.4. The topological polar surface area (TPSA) is 48.9 Å². The minimum absolute atomic E-state index is 0.536. The van der Waals surface area contributed by atoms with Gasteiger partial charge < -0.3 is 10.1 Å². The Balaban J connectivity index is 1.76. The molecule has 0 spiro atoms. The molecule has 106 valence electrons. The smallest absolute Gasteiger partial charge is 0.135 e. The molecule has 3 rings (SSSR count). The summed E-state index contributed by atoms with van der Waals surface area (Å²) in [4.78, 5) is 7.44. The van der Waals surface area contributed by atoms with Gasteiger partial charge in [-0.1, -0.05) is 54.1 Å². The number of imidazole rings is 1. The van der Waals surface area contributed by atoms with Crippen LogP contribution < -0.4 is 0 Å². The summed E-state index contributed by atoms with van der Waals surface area (Å²) in [5.74, 6) is 0.573. The number of H-pyrrole nitrogens is 1. The van der Waals surface area contributed by atoms with Crippen molar-refractivity contribution in [3.63, 3.8) is 0 Å². The maximum atomic E-state index is 10.3. The molecule has 0 bridgehead atoms. The second-order valence-electron chi connectivity index (χ2n) is 4.89. The molecule has 0 saturated carbocycles. The largest absolute Gasteiger partial charge is 0.385 e. The fourth-order valence-electron chi connectivity index (χ4n) is 2.22. The van der Waals surface area contributed by atoms with Gasteiger partial charge in [-0.3, -0.25) is 0 Å². The van der Waals surface area contributed by atoms with Crippen molar-refractivity contribution in [2.75, 3.05) is 0 Å². The number of halogens is 1. The molecule has 3 aromatic rings. The van der Waals surface area contributed by atoms with Gasteiger partial charge in [0.05, 0.1) is 11.9 Å². The lowest BCUT2D eigenvalue weighted by molar-refractivity contribution is 0.169. The number of hydrogen-bond donors (Lipinski definition) is 2. The molecule has 0 aliphatic rings. The number of benzene rings is 2. The van der Waals surface area contributed by atoms with Crippen molar-refractivity contribution in [1.29, 1.82) is 0 Å². The lowest BCUT2D eigenvalue weighted by Gasteiger charge is -2.07. The van der Waals surface area contributed by atoms with E-state index in [1.807, 2.05) is 54.6 Å². The van der Waals surface area contributed by atoms with E-state index in [4.69, 9.17) is 11.6 Å². The van der Waals surface area contributed by atoms with Gasteiger partial charge in [-0.15, -0.1) is 0 Å². The van der Waals surface area contributed by atoms with Gasteiger partial charge in [-0.25, -0.2) is 4.98 Å². The zero-order chi connectivity index (χ0) is 14.7. The van der Waals surface area contributed by atoms with E-state index in [1.165, 1.54) is 0 Å². The van der Waals surface area contributed by atoms with Crippen LogP contribution in [0, 0.1) is 0 Å². The van der Waals surface area contributed by atoms with E-state index in [2.05, 4.69) is 9.97 Å². The first-order valence-corrected chi connectivity index (χ1v) is 7.13. The van der Waals surface area contributed by atoms with Crippen LogP contribution >= 0.6 is 11.6 Å². The van der Waals surface area contributed by atoms with Crippen molar-refractivity contribution in [1.82, 2.24) is 9.97 Å². The Labute approximate surface area is 128 Å². The van der Waals surface area contributed by atoms with Crippen molar-refractivity contribution < 1.29 is 5.11 Å². The number of aromatic nitrogens is 2. The first-order chi connectivity index (χ1) is 10.2. The molecule has 4 heteroatoms. The Bertz CT molecular complexity index is 707. The quantitative estimate of drug-likeness (QED) is 0.764. The summed E-state index contributed by atoms with van der Waals surface area (Å²) in [7, 11) is 0. The van der Waals surface area contributed by atoms with Crippen molar-refractivity contribution in [2.45, 2.75) is 12.5 Å². The fraction of sp³-hybridized carbons (Fsp3) is 0.118. The van der Waals surface area contributed by atoms with Gasteiger partial charge in [0.25, 0.3) is 0 Å². The molecule has 1 heterocycles. The molecule has 0 radical (unpaired) electrons. The van der Waals surface area contributed by atoms with Gasteiger partial charge in [0.1, 0.15) is 11.9 Å². The van der Waals surface area contributed by atoms with Gasteiger partial charge in [0.2, 0.25) is 0 Å². The van der Waals surface area contributed by atoms with E-state index < -0.39 is 6.10 Å². The first kappa shape index (κ1) is 13.9. The highest BCUT2D eigenvalue weighted by molar-refractivity contribution is 6.30. The molecule has 1 unspecified atom stereocenters. The molecule has 0 aliphatic heterocycles. The van der Waals surface area contributed by atoms with E-state index in [1.54, 1.807) is 6.20 Å². The third-order valence-corrected chi connectivity index (χ3v) is 3.59. The van der Waals surface area contributed by atoms with Crippen molar-refractivity contribution in [2.24, 2.45) is 0 Å². The highest BCUT2D eigenvalue weighted by Gasteiger charge is 2.13. The minimum atomic E-state index is -0.645. The van der Waals surface area contributed by atoms with Gasteiger partial charge in [-0.2, -0.15) is 0 Å². The predicted octanol–water partition coefficient (Wildman–Crippen LogP) is 4.01. The van der Waals surface area contributed by atoms with Gasteiger partial charge in [0, 0.05) is 11.4 Å². The van der Waals surface area contributed by atoms with Crippen LogP contribution in [0.15, 0.2) is 60.8 Å². The van der Waals surface area contributed by atoms with Crippen LogP contribution in [-0.2, 0) is 6.42 Å². The Kier molecular flexibility index (Phi) is 4.04. The minimum Gasteiger partial charge on any atom is -0.385 e. The molecular weight excluding hydrogens is 284 g/mol. The van der Waals surface area contributed by atoms with E-state index in [0.717, 1.165) is 16.8 Å². The third-order valence-electron chi connectivity index (χ3n) is 3.34. The molecule has 0 amide bonds. The van der Waals surface area contributed by atoms with Crippen LogP contribution in [0.4, 0.5) is 0 Å². The summed E-state index contributed by atoms with van der Waals surface area (Å²) in [6.07, 6.45) is 1.62. The number of aliphatic hydroxyl groups is 1. The van der Waals surface area contributed by atoms with Crippen LogP contribution in [0.2, 0.25) is 5.02 Å². The summed E-state index contributed by atoms with van der Waals surface area (Å²) in [5.41, 5.74) is 2.94. The van der Waals surface area contributed by atoms with Crippen LogP contribution in [0.1, 0.15) is 17.5 Å². The first-order valence-electron chi connectivity index (χ1n) is 6.75. The zero-order valence-electron chi connectivity index (χ0n) is 11.3. The maximum Gasteiger partial charge on any atom is 0.135 e. The van der Waals surface area contributed by atoms with Gasteiger partial charge >= 0.3 is 0 Å². The number of nitrogens with zero attached hydrogens (tertiary/aromatic N) is 1. The monoisotopic (exact) mass is 298 g/mol. The molecule has 0 fully saturated rings. The van der Waals surface area contributed by atoms with Gasteiger partial charge in [-0.05, 0) is 23.3 Å². The second-order valence-corrected chi connectivity index (χ2v) is 5.33. The van der Waals surface area contributed by atoms with E-state index in [-0.39, 0.29) is 0 Å². The Morgan fingerprint density at radius 2 is 1.76 bits per heavy atom. The number of nitrogens with one attached hydrogen (secondary N) is 1. The number of aliphatic hydroxyl groups excluding tert-OH is 1. The van der Waals surface area contributed by atoms with E-state index in [9.17, 15) is 5.11 Å². The highest BCUT2D eigenvalue weighted by Crippen LogP contribution is 2.22. The molecule has 2 aromatic carbocycles. The van der Waals surface area contributed by atoms with Crippen molar-refractivity contribution >= 4 is 11.6 Å². The van der Waals surface area contributed by atoms with Crippen molar-refractivity contribution in [3.8, 4) is 11.3 Å². The average molecular weight is 299 g/mol. The average Bonchev–Trinajstić information content (AvgIpc) is 2.99. The summed E-state index contributed by atoms with van der Waals surface area (Å²) in [5, 5.41) is 11.0. The lowest BCUT2D eigenvalue weighted by atomic mass is 10.1. The summed E-state index contributed by atoms with van der Waals surface area (Å²) >= 11 is 5.88. The Hall–Kier alpha value is -2.10. The molecule has 1 atom stereocenters. The molecule has 0 aliphatic carbocycles. The summed E-state index contributed by atoms with van der Waals surface area (Å²) in [6.45, 7) is 0. The van der Waals surface area contributed by atoms with Crippen LogP contribution in [0.25, 0.3) is 11.3 Å². The highest BCUT2D eigenvalue weighted by atomic mass is 35.5. The standard InChI is InChI=1S/C17H15ClN2O/c18-14-8-6-13(7-9-14)15-11-19-17(20-15)16(21)10-12-4-2-1-3-5-12/h1-9,11,16,21H,10H2,(H,19,20). The molecule has 2 N–H and O–H groups in total. The lowest BCUT2D eigenvalue weighted by Crippen LogP contribution is -2.03. The van der Waals surface area contributed by atoms with E-state index >= 15 is 0 Å². The second kappa shape index (κ2) is 6.12. The maximum absolute atomic E-state index is 10.3. The molecular formula is C17H15ClN2O. The molecule has 21 heavy (non-hydrogen) atoms. The Morgan fingerprint density at radius 1 is 1.05 bits per heavy atom. The number of rotatable bonds is 4. The number of aromatic amines is 1. The molecule has 1 aromatic heterocycles. The molecule has 0 saturated heterocycles. The third kappa shape index (κ3) is 3.32.